The third-order valence-corrected chi connectivity index (χ3v) is 5.03. The average molecular weight is 313 g/mol. The van der Waals surface area contributed by atoms with E-state index in [-0.39, 0.29) is 17.8 Å². The number of hydrogen-bond acceptors (Lipinski definition) is 3. The van der Waals surface area contributed by atoms with Crippen LogP contribution in [-0.2, 0) is 14.3 Å². The van der Waals surface area contributed by atoms with Crippen molar-refractivity contribution in [3.63, 3.8) is 0 Å². The Morgan fingerprint density at radius 3 is 2.48 bits per heavy atom. The molecule has 0 unspecified atom stereocenters. The van der Waals surface area contributed by atoms with Crippen LogP contribution in [0, 0.1) is 11.3 Å². The monoisotopic (exact) mass is 313 g/mol. The van der Waals surface area contributed by atoms with E-state index in [4.69, 9.17) is 4.74 Å². The number of ether oxygens (including phenoxy) is 1. The number of allylic oxidation sites excluding steroid dienone is 1. The molecule has 0 spiro atoms. The van der Waals surface area contributed by atoms with Crippen LogP contribution < -0.4 is 0 Å². The molecule has 1 amide bonds. The number of likely N-dealkylation sites (tertiary alicyclic amines) is 1. The largest absolute Gasteiger partial charge is 0.468 e. The number of methoxy groups -OCH3 is 1. The predicted molar refractivity (Wildman–Crippen MR) is 88.5 cm³/mol. The zero-order chi connectivity index (χ0) is 16.4. The van der Waals surface area contributed by atoms with Crippen molar-refractivity contribution in [3.05, 3.63) is 41.5 Å². The summed E-state index contributed by atoms with van der Waals surface area (Å²) in [6.07, 6.45) is 4.66. The summed E-state index contributed by atoms with van der Waals surface area (Å²) in [5.41, 5.74) is 1.16. The molecule has 1 saturated carbocycles. The van der Waals surface area contributed by atoms with Crippen molar-refractivity contribution in [3.8, 4) is 0 Å². The fourth-order valence-electron chi connectivity index (χ4n) is 3.66. The lowest BCUT2D eigenvalue weighted by molar-refractivity contribution is -0.156. The normalized spacial score (nSPS) is 27.0. The first-order valence-corrected chi connectivity index (χ1v) is 8.20. The Labute approximate surface area is 137 Å². The van der Waals surface area contributed by atoms with Crippen molar-refractivity contribution in [1.82, 2.24) is 4.90 Å². The molecule has 1 aromatic rings. The van der Waals surface area contributed by atoms with E-state index in [1.54, 1.807) is 0 Å². The second kappa shape index (κ2) is 6.19. The van der Waals surface area contributed by atoms with Gasteiger partial charge in [0.15, 0.2) is 5.41 Å². The van der Waals surface area contributed by atoms with E-state index in [1.165, 1.54) is 7.11 Å². The summed E-state index contributed by atoms with van der Waals surface area (Å²) in [5.74, 6) is -0.490. The molecule has 0 N–H and O–H groups in total. The van der Waals surface area contributed by atoms with E-state index < -0.39 is 5.41 Å². The standard InChI is InChI=1S/C19H23NO3/c1-14(12-15-8-4-3-5-9-15)16-13-19(16,18(22)23-2)17(21)20-10-6-7-11-20/h3-5,8-9,12,16H,6-7,10-11,13H2,1-2H3/b14-12+/t16-,19-/m1/s1. The number of carbonyl (C=O) groups excluding carboxylic acids is 2. The van der Waals surface area contributed by atoms with Gasteiger partial charge in [-0.05, 0) is 31.7 Å². The lowest BCUT2D eigenvalue weighted by Crippen LogP contribution is -2.41. The van der Waals surface area contributed by atoms with Gasteiger partial charge in [-0.1, -0.05) is 42.0 Å². The minimum Gasteiger partial charge on any atom is -0.468 e. The van der Waals surface area contributed by atoms with Gasteiger partial charge in [0, 0.05) is 19.0 Å². The van der Waals surface area contributed by atoms with Crippen LogP contribution in [0.3, 0.4) is 0 Å². The first-order chi connectivity index (χ1) is 11.1. The Bertz CT molecular complexity index is 631. The highest BCUT2D eigenvalue weighted by atomic mass is 16.5. The summed E-state index contributed by atoms with van der Waals surface area (Å²) in [6, 6.07) is 9.98. The first kappa shape index (κ1) is 15.8. The van der Waals surface area contributed by atoms with Crippen molar-refractivity contribution in [2.45, 2.75) is 26.2 Å². The van der Waals surface area contributed by atoms with Crippen molar-refractivity contribution in [2.24, 2.45) is 11.3 Å². The molecule has 2 fully saturated rings. The van der Waals surface area contributed by atoms with Gasteiger partial charge in [0.05, 0.1) is 7.11 Å². The average Bonchev–Trinajstić information content (AvgIpc) is 3.10. The molecule has 0 radical (unpaired) electrons. The number of hydrogen-bond donors (Lipinski definition) is 0. The molecule has 2 atom stereocenters. The molecule has 0 aromatic heterocycles. The summed E-state index contributed by atoms with van der Waals surface area (Å²) < 4.78 is 4.98. The van der Waals surface area contributed by atoms with Crippen LogP contribution >= 0.6 is 0 Å². The highest BCUT2D eigenvalue weighted by Gasteiger charge is 2.68. The maximum absolute atomic E-state index is 12.9. The Kier molecular flexibility index (Phi) is 4.24. The molecule has 0 bridgehead atoms. The van der Waals surface area contributed by atoms with Gasteiger partial charge in [-0.3, -0.25) is 9.59 Å². The SMILES string of the molecule is COC(=O)[C@]1(C(=O)N2CCCC2)C[C@@H]1/C(C)=C/c1ccccc1. The zero-order valence-electron chi connectivity index (χ0n) is 13.7. The van der Waals surface area contributed by atoms with E-state index in [2.05, 4.69) is 6.08 Å². The van der Waals surface area contributed by atoms with Gasteiger partial charge in [0.1, 0.15) is 0 Å². The fourth-order valence-corrected chi connectivity index (χ4v) is 3.66. The lowest BCUT2D eigenvalue weighted by Gasteiger charge is -2.22. The number of amides is 1. The topological polar surface area (TPSA) is 46.6 Å². The van der Waals surface area contributed by atoms with Crippen LogP contribution in [0.4, 0.5) is 0 Å². The fraction of sp³-hybridized carbons (Fsp3) is 0.474. The van der Waals surface area contributed by atoms with Crippen LogP contribution in [0.5, 0.6) is 0 Å². The Balaban J connectivity index is 1.84. The molecular weight excluding hydrogens is 290 g/mol. The molecule has 1 aliphatic carbocycles. The van der Waals surface area contributed by atoms with Crippen LogP contribution in [0.25, 0.3) is 6.08 Å². The van der Waals surface area contributed by atoms with E-state index >= 15 is 0 Å². The van der Waals surface area contributed by atoms with Crippen LogP contribution in [0.15, 0.2) is 35.9 Å². The quantitative estimate of drug-likeness (QED) is 0.634. The number of benzene rings is 1. The second-order valence-corrected chi connectivity index (χ2v) is 6.52. The van der Waals surface area contributed by atoms with Gasteiger partial charge in [-0.25, -0.2) is 0 Å². The van der Waals surface area contributed by atoms with Gasteiger partial charge >= 0.3 is 5.97 Å². The van der Waals surface area contributed by atoms with Crippen molar-refractivity contribution >= 4 is 18.0 Å². The minimum absolute atomic E-state index is 0.0485. The third-order valence-electron chi connectivity index (χ3n) is 5.03. The number of esters is 1. The van der Waals surface area contributed by atoms with Gasteiger partial charge in [-0.2, -0.15) is 0 Å². The van der Waals surface area contributed by atoms with Gasteiger partial charge in [0.25, 0.3) is 0 Å². The molecule has 1 aromatic carbocycles. The number of rotatable bonds is 4. The summed E-state index contributed by atoms with van der Waals surface area (Å²) >= 11 is 0. The minimum atomic E-state index is -0.992. The summed E-state index contributed by atoms with van der Waals surface area (Å²) in [6.45, 7) is 3.51. The van der Waals surface area contributed by atoms with Crippen LogP contribution in [-0.4, -0.2) is 37.0 Å². The molecular formula is C19H23NO3. The number of nitrogens with zero attached hydrogens (tertiary/aromatic N) is 1. The molecule has 1 aliphatic heterocycles. The Morgan fingerprint density at radius 1 is 1.22 bits per heavy atom. The molecule has 1 heterocycles. The second-order valence-electron chi connectivity index (χ2n) is 6.52. The highest BCUT2D eigenvalue weighted by molar-refractivity contribution is 6.07. The zero-order valence-corrected chi connectivity index (χ0v) is 13.7. The molecule has 122 valence electrons. The van der Waals surface area contributed by atoms with E-state index in [1.807, 2.05) is 42.2 Å². The molecule has 4 nitrogen and oxygen atoms in total. The predicted octanol–water partition coefficient (Wildman–Crippen LogP) is 2.89. The molecule has 23 heavy (non-hydrogen) atoms. The summed E-state index contributed by atoms with van der Waals surface area (Å²) in [7, 11) is 1.37. The van der Waals surface area contributed by atoms with Gasteiger partial charge in [0.2, 0.25) is 5.91 Å². The van der Waals surface area contributed by atoms with Crippen molar-refractivity contribution in [1.29, 1.82) is 0 Å². The molecule has 3 rings (SSSR count). The van der Waals surface area contributed by atoms with Crippen molar-refractivity contribution in [2.75, 3.05) is 20.2 Å². The lowest BCUT2D eigenvalue weighted by atomic mass is 9.96. The van der Waals surface area contributed by atoms with Gasteiger partial charge < -0.3 is 9.64 Å². The Morgan fingerprint density at radius 2 is 1.87 bits per heavy atom. The highest BCUT2D eigenvalue weighted by Crippen LogP contribution is 2.58. The van der Waals surface area contributed by atoms with Gasteiger partial charge in [-0.15, -0.1) is 0 Å². The summed E-state index contributed by atoms with van der Waals surface area (Å²) in [5, 5.41) is 0. The maximum atomic E-state index is 12.9. The summed E-state index contributed by atoms with van der Waals surface area (Å²) in [4.78, 5) is 27.1. The molecule has 2 aliphatic rings. The van der Waals surface area contributed by atoms with Crippen LogP contribution in [0.1, 0.15) is 31.7 Å². The molecule has 1 saturated heterocycles. The van der Waals surface area contributed by atoms with E-state index in [0.29, 0.717) is 6.42 Å². The molecule has 4 heteroatoms. The van der Waals surface area contributed by atoms with Crippen LogP contribution in [0.2, 0.25) is 0 Å². The number of carbonyl (C=O) groups is 2. The smallest absolute Gasteiger partial charge is 0.322 e. The Hall–Kier alpha value is -2.10. The third kappa shape index (κ3) is 2.78. The maximum Gasteiger partial charge on any atom is 0.322 e. The van der Waals surface area contributed by atoms with E-state index in [0.717, 1.165) is 37.1 Å². The van der Waals surface area contributed by atoms with Crippen molar-refractivity contribution < 1.29 is 14.3 Å². The first-order valence-electron chi connectivity index (χ1n) is 8.20. The van der Waals surface area contributed by atoms with E-state index in [9.17, 15) is 9.59 Å².